The lowest BCUT2D eigenvalue weighted by molar-refractivity contribution is -0.157. The van der Waals surface area contributed by atoms with Crippen molar-refractivity contribution in [3.63, 3.8) is 0 Å². The van der Waals surface area contributed by atoms with Crippen molar-refractivity contribution in [1.29, 1.82) is 0 Å². The highest BCUT2D eigenvalue weighted by atomic mass is 32.2. The molecule has 1 aromatic carbocycles. The maximum atomic E-state index is 12.2. The fourth-order valence-corrected chi connectivity index (χ4v) is 6.62. The SMILES string of the molecule is CC(C)c1ccc2c(c1)CC[C@H]1[C@@](CS(=O)(=O)O)(C(=O)O)CCC[C@]21C.O. The van der Waals surface area contributed by atoms with Crippen molar-refractivity contribution in [2.24, 2.45) is 11.3 Å². The van der Waals surface area contributed by atoms with E-state index in [0.717, 1.165) is 18.4 Å². The number of aliphatic carboxylic acids is 1. The summed E-state index contributed by atoms with van der Waals surface area (Å²) >= 11 is 0. The topological polar surface area (TPSA) is 123 Å². The second-order valence-electron chi connectivity index (χ2n) is 8.62. The average Bonchev–Trinajstić information content (AvgIpc) is 2.52. The fourth-order valence-electron chi connectivity index (χ4n) is 5.50. The van der Waals surface area contributed by atoms with Crippen molar-refractivity contribution in [1.82, 2.24) is 0 Å². The lowest BCUT2D eigenvalue weighted by Crippen LogP contribution is -2.56. The number of carbonyl (C=O) groups is 1. The highest BCUT2D eigenvalue weighted by Gasteiger charge is 2.59. The van der Waals surface area contributed by atoms with Gasteiger partial charge in [0.25, 0.3) is 10.1 Å². The number of hydrogen-bond acceptors (Lipinski definition) is 3. The first-order valence-electron chi connectivity index (χ1n) is 9.31. The minimum absolute atomic E-state index is 0. The first-order valence-corrected chi connectivity index (χ1v) is 10.9. The Hall–Kier alpha value is -1.44. The number of rotatable bonds is 4. The van der Waals surface area contributed by atoms with Crippen LogP contribution in [0.5, 0.6) is 0 Å². The van der Waals surface area contributed by atoms with Gasteiger partial charge in [-0.05, 0) is 59.6 Å². The summed E-state index contributed by atoms with van der Waals surface area (Å²) in [5.41, 5.74) is 1.87. The number of fused-ring (bicyclic) bond motifs is 3. The van der Waals surface area contributed by atoms with E-state index in [1.807, 2.05) is 0 Å². The fraction of sp³-hybridized carbons (Fsp3) is 0.650. The molecule has 0 amide bonds. The summed E-state index contributed by atoms with van der Waals surface area (Å²) in [4.78, 5) is 12.2. The van der Waals surface area contributed by atoms with Gasteiger partial charge in [0.2, 0.25) is 0 Å². The van der Waals surface area contributed by atoms with Crippen LogP contribution in [0.4, 0.5) is 0 Å². The standard InChI is InChI=1S/C20H28O5S.H2O/c1-13(2)14-5-7-16-15(11-14)6-8-17-19(16,3)9-4-10-20(17,18(21)22)12-26(23,24)25;/h5,7,11,13,17H,4,6,8-10,12H2,1-3H3,(H,21,22)(H,23,24,25);1H2/t17-,19-,20-;/m1./s1. The van der Waals surface area contributed by atoms with Crippen molar-refractivity contribution in [3.8, 4) is 0 Å². The predicted molar refractivity (Wildman–Crippen MR) is 104 cm³/mol. The Labute approximate surface area is 161 Å². The zero-order valence-corrected chi connectivity index (χ0v) is 17.0. The Kier molecular flexibility index (Phi) is 5.82. The molecule has 4 N–H and O–H groups in total. The van der Waals surface area contributed by atoms with Gasteiger partial charge in [0, 0.05) is 0 Å². The van der Waals surface area contributed by atoms with Gasteiger partial charge < -0.3 is 10.6 Å². The Morgan fingerprint density at radius 3 is 2.52 bits per heavy atom. The minimum atomic E-state index is -4.38. The lowest BCUT2D eigenvalue weighted by atomic mass is 9.49. The quantitative estimate of drug-likeness (QED) is 0.755. The van der Waals surface area contributed by atoms with E-state index in [2.05, 4.69) is 39.0 Å². The van der Waals surface area contributed by atoms with E-state index >= 15 is 0 Å². The third-order valence-electron chi connectivity index (χ3n) is 6.73. The molecule has 152 valence electrons. The third kappa shape index (κ3) is 3.65. The molecule has 3 rings (SSSR count). The summed E-state index contributed by atoms with van der Waals surface area (Å²) in [5, 5.41) is 9.99. The van der Waals surface area contributed by atoms with Crippen molar-refractivity contribution in [2.75, 3.05) is 5.75 Å². The summed E-state index contributed by atoms with van der Waals surface area (Å²) in [6.45, 7) is 6.38. The molecule has 2 aliphatic rings. The lowest BCUT2D eigenvalue weighted by Gasteiger charge is -2.54. The van der Waals surface area contributed by atoms with Crippen LogP contribution in [0.25, 0.3) is 0 Å². The zero-order valence-electron chi connectivity index (χ0n) is 16.2. The van der Waals surface area contributed by atoms with Crippen LogP contribution in [0.3, 0.4) is 0 Å². The molecule has 1 aromatic rings. The highest BCUT2D eigenvalue weighted by Crippen LogP contribution is 2.58. The second-order valence-corrected chi connectivity index (χ2v) is 10.1. The van der Waals surface area contributed by atoms with Crippen LogP contribution in [0.15, 0.2) is 18.2 Å². The molecule has 1 saturated carbocycles. The summed E-state index contributed by atoms with van der Waals surface area (Å²) in [7, 11) is -4.38. The van der Waals surface area contributed by atoms with Crippen LogP contribution in [0.1, 0.15) is 69.1 Å². The Balaban J connectivity index is 0.00000261. The van der Waals surface area contributed by atoms with Gasteiger partial charge in [-0.25, -0.2) is 0 Å². The largest absolute Gasteiger partial charge is 0.481 e. The number of aryl methyl sites for hydroxylation is 1. The maximum absolute atomic E-state index is 12.2. The van der Waals surface area contributed by atoms with Gasteiger partial charge in [-0.1, -0.05) is 45.4 Å². The molecule has 0 spiro atoms. The van der Waals surface area contributed by atoms with E-state index in [0.29, 0.717) is 25.2 Å². The first kappa shape index (κ1) is 21.9. The number of carboxylic acid groups (broad SMARTS) is 1. The van der Waals surface area contributed by atoms with Gasteiger partial charge in [0.1, 0.15) is 0 Å². The molecule has 0 radical (unpaired) electrons. The van der Waals surface area contributed by atoms with Gasteiger partial charge >= 0.3 is 5.97 Å². The molecule has 0 saturated heterocycles. The maximum Gasteiger partial charge on any atom is 0.311 e. The molecule has 0 aliphatic heterocycles. The van der Waals surface area contributed by atoms with E-state index < -0.39 is 27.3 Å². The molecule has 2 aliphatic carbocycles. The summed E-state index contributed by atoms with van der Waals surface area (Å²) in [5.74, 6) is -1.68. The number of carboxylic acids is 1. The van der Waals surface area contributed by atoms with Crippen molar-refractivity contribution >= 4 is 16.1 Å². The number of hydrogen-bond donors (Lipinski definition) is 2. The predicted octanol–water partition coefficient (Wildman–Crippen LogP) is 2.95. The zero-order chi connectivity index (χ0) is 19.3. The molecular weight excluding hydrogens is 368 g/mol. The highest BCUT2D eigenvalue weighted by molar-refractivity contribution is 7.85. The van der Waals surface area contributed by atoms with Gasteiger partial charge in [0.05, 0.1) is 11.2 Å². The molecule has 0 unspecified atom stereocenters. The van der Waals surface area contributed by atoms with E-state index in [9.17, 15) is 22.9 Å². The smallest absolute Gasteiger partial charge is 0.311 e. The van der Waals surface area contributed by atoms with E-state index in [4.69, 9.17) is 0 Å². The molecule has 7 heteroatoms. The van der Waals surface area contributed by atoms with Crippen LogP contribution in [0, 0.1) is 11.3 Å². The van der Waals surface area contributed by atoms with Crippen LogP contribution in [0.2, 0.25) is 0 Å². The molecule has 27 heavy (non-hydrogen) atoms. The van der Waals surface area contributed by atoms with E-state index in [-0.39, 0.29) is 16.8 Å². The number of benzene rings is 1. The Morgan fingerprint density at radius 1 is 1.30 bits per heavy atom. The van der Waals surface area contributed by atoms with Gasteiger partial charge in [-0.3, -0.25) is 9.35 Å². The normalized spacial score (nSPS) is 30.2. The van der Waals surface area contributed by atoms with Gasteiger partial charge in [-0.15, -0.1) is 0 Å². The average molecular weight is 399 g/mol. The van der Waals surface area contributed by atoms with Crippen LogP contribution < -0.4 is 0 Å². The van der Waals surface area contributed by atoms with E-state index in [1.54, 1.807) is 0 Å². The molecule has 3 atom stereocenters. The first-order chi connectivity index (χ1) is 12.0. The van der Waals surface area contributed by atoms with Crippen molar-refractivity contribution in [3.05, 3.63) is 34.9 Å². The molecule has 1 fully saturated rings. The van der Waals surface area contributed by atoms with E-state index in [1.165, 1.54) is 11.1 Å². The summed E-state index contributed by atoms with van der Waals surface area (Å²) in [6, 6.07) is 6.44. The van der Waals surface area contributed by atoms with Gasteiger partial charge in [-0.2, -0.15) is 8.42 Å². The minimum Gasteiger partial charge on any atom is -0.481 e. The van der Waals surface area contributed by atoms with Crippen LogP contribution >= 0.6 is 0 Å². The summed E-state index contributed by atoms with van der Waals surface area (Å²) in [6.07, 6.45) is 3.15. The monoisotopic (exact) mass is 398 g/mol. The van der Waals surface area contributed by atoms with Gasteiger partial charge in [0.15, 0.2) is 0 Å². The molecule has 0 heterocycles. The van der Waals surface area contributed by atoms with Crippen LogP contribution in [-0.4, -0.2) is 35.3 Å². The molecule has 0 bridgehead atoms. The second kappa shape index (κ2) is 7.18. The molecular formula is C20H30O6S. The van der Waals surface area contributed by atoms with Crippen molar-refractivity contribution in [2.45, 2.75) is 64.2 Å². The molecule has 6 nitrogen and oxygen atoms in total. The van der Waals surface area contributed by atoms with Crippen LogP contribution in [-0.2, 0) is 26.7 Å². The van der Waals surface area contributed by atoms with Crippen molar-refractivity contribution < 1.29 is 28.3 Å². The third-order valence-corrected chi connectivity index (χ3v) is 7.61. The molecule has 0 aromatic heterocycles. The summed E-state index contributed by atoms with van der Waals surface area (Å²) < 4.78 is 32.8. The Morgan fingerprint density at radius 2 is 1.96 bits per heavy atom. The Bertz CT molecular complexity index is 831.